The quantitative estimate of drug-likeness (QED) is 0.832. The van der Waals surface area contributed by atoms with Crippen LogP contribution >= 0.6 is 23.2 Å². The highest BCUT2D eigenvalue weighted by Gasteiger charge is 2.26. The molecule has 0 aliphatic rings. The monoisotopic (exact) mass is 279 g/mol. The Morgan fingerprint density at radius 2 is 2.06 bits per heavy atom. The van der Waals surface area contributed by atoms with Crippen molar-refractivity contribution in [3.8, 4) is 5.75 Å². The first-order valence-corrected chi connectivity index (χ1v) is 5.92. The normalized spacial score (nSPS) is 11.3. The van der Waals surface area contributed by atoms with E-state index < -0.39 is 17.3 Å². The van der Waals surface area contributed by atoms with E-state index in [9.17, 15) is 14.3 Å². The summed E-state index contributed by atoms with van der Waals surface area (Å²) in [5, 5.41) is 12.0. The van der Waals surface area contributed by atoms with Crippen molar-refractivity contribution >= 4 is 29.1 Å². The average Bonchev–Trinajstić information content (AvgIpc) is 2.32. The predicted molar refractivity (Wildman–Crippen MR) is 65.4 cm³/mol. The summed E-state index contributed by atoms with van der Waals surface area (Å²) >= 11 is 11.4. The molecule has 17 heavy (non-hydrogen) atoms. The number of carbonyl (C=O) groups is 1. The van der Waals surface area contributed by atoms with E-state index in [1.54, 1.807) is 6.92 Å². The van der Waals surface area contributed by atoms with Crippen LogP contribution in [-0.4, -0.2) is 28.3 Å². The zero-order valence-corrected chi connectivity index (χ0v) is 10.6. The highest BCUT2D eigenvalue weighted by molar-refractivity contribution is 6.22. The molecule has 0 aliphatic heterocycles. The molecule has 0 radical (unpaired) electrons. The minimum absolute atomic E-state index is 0.109. The van der Waals surface area contributed by atoms with Gasteiger partial charge in [0.25, 0.3) is 5.91 Å². The van der Waals surface area contributed by atoms with Gasteiger partial charge in [-0.2, -0.15) is 0 Å². The van der Waals surface area contributed by atoms with Crippen molar-refractivity contribution in [3.05, 3.63) is 29.6 Å². The van der Waals surface area contributed by atoms with Gasteiger partial charge in [0.05, 0.1) is 11.1 Å². The summed E-state index contributed by atoms with van der Waals surface area (Å²) in [7, 11) is 0. The summed E-state index contributed by atoms with van der Waals surface area (Å²) in [5.41, 5.74) is -0.953. The standard InChI is InChI=1S/C11H12Cl2FNO2/c1-11(5-12,6-13)15-10(17)8-4-7(14)2-3-9(8)16/h2-4,16H,5-6H2,1H3,(H,15,17). The van der Waals surface area contributed by atoms with Crippen LogP contribution < -0.4 is 5.32 Å². The Balaban J connectivity index is 2.94. The zero-order chi connectivity index (χ0) is 13.1. The van der Waals surface area contributed by atoms with Crippen molar-refractivity contribution in [3.63, 3.8) is 0 Å². The lowest BCUT2D eigenvalue weighted by Crippen LogP contribution is -2.49. The maximum atomic E-state index is 13.0. The number of aromatic hydroxyl groups is 1. The molecule has 0 aliphatic carbocycles. The molecule has 1 rings (SSSR count). The minimum atomic E-state index is -0.807. The summed E-state index contributed by atoms with van der Waals surface area (Å²) in [6.45, 7) is 1.65. The lowest BCUT2D eigenvalue weighted by Gasteiger charge is -2.26. The number of hydrogen-bond acceptors (Lipinski definition) is 2. The van der Waals surface area contributed by atoms with Gasteiger partial charge in [0.15, 0.2) is 0 Å². The highest BCUT2D eigenvalue weighted by atomic mass is 35.5. The maximum absolute atomic E-state index is 13.0. The molecule has 0 atom stereocenters. The molecule has 1 aromatic rings. The van der Waals surface area contributed by atoms with Crippen molar-refractivity contribution in [1.29, 1.82) is 0 Å². The zero-order valence-electron chi connectivity index (χ0n) is 9.14. The van der Waals surface area contributed by atoms with Crippen molar-refractivity contribution in [2.24, 2.45) is 0 Å². The van der Waals surface area contributed by atoms with Crippen LogP contribution in [-0.2, 0) is 0 Å². The van der Waals surface area contributed by atoms with Crippen molar-refractivity contribution in [2.75, 3.05) is 11.8 Å². The van der Waals surface area contributed by atoms with Gasteiger partial charge >= 0.3 is 0 Å². The number of alkyl halides is 2. The summed E-state index contributed by atoms with van der Waals surface area (Å²) in [5.74, 6) is -1.30. The second-order valence-corrected chi connectivity index (χ2v) is 4.48. The average molecular weight is 280 g/mol. The van der Waals surface area contributed by atoms with Crippen LogP contribution in [0.25, 0.3) is 0 Å². The van der Waals surface area contributed by atoms with E-state index in [1.165, 1.54) is 0 Å². The number of phenolic OH excluding ortho intramolecular Hbond substituents is 1. The Hall–Kier alpha value is -1.00. The van der Waals surface area contributed by atoms with Gasteiger partial charge in [-0.05, 0) is 25.1 Å². The molecule has 0 aromatic heterocycles. The fourth-order valence-corrected chi connectivity index (χ4v) is 1.55. The van der Waals surface area contributed by atoms with Gasteiger partial charge < -0.3 is 10.4 Å². The van der Waals surface area contributed by atoms with E-state index in [0.29, 0.717) is 0 Å². The number of amides is 1. The van der Waals surface area contributed by atoms with Crippen LogP contribution in [0.2, 0.25) is 0 Å². The van der Waals surface area contributed by atoms with Crippen LogP contribution in [0.5, 0.6) is 5.75 Å². The Labute approximate surface area is 109 Å². The Morgan fingerprint density at radius 1 is 1.47 bits per heavy atom. The first-order chi connectivity index (χ1) is 7.91. The van der Waals surface area contributed by atoms with Gasteiger partial charge in [0.1, 0.15) is 11.6 Å². The fraction of sp³-hybridized carbons (Fsp3) is 0.364. The van der Waals surface area contributed by atoms with E-state index >= 15 is 0 Å². The van der Waals surface area contributed by atoms with Crippen molar-refractivity contribution in [1.82, 2.24) is 5.32 Å². The highest BCUT2D eigenvalue weighted by Crippen LogP contribution is 2.19. The minimum Gasteiger partial charge on any atom is -0.507 e. The molecule has 0 saturated heterocycles. The van der Waals surface area contributed by atoms with Crippen molar-refractivity contribution < 1.29 is 14.3 Å². The fourth-order valence-electron chi connectivity index (χ4n) is 1.13. The molecular formula is C11H12Cl2FNO2. The summed E-state index contributed by atoms with van der Waals surface area (Å²) < 4.78 is 13.0. The molecule has 1 aromatic carbocycles. The van der Waals surface area contributed by atoms with Crippen LogP contribution in [0, 0.1) is 5.82 Å². The molecule has 0 fully saturated rings. The molecule has 0 heterocycles. The molecule has 0 saturated carbocycles. The number of benzene rings is 1. The molecule has 6 heteroatoms. The van der Waals surface area contributed by atoms with E-state index in [2.05, 4.69) is 5.32 Å². The van der Waals surface area contributed by atoms with E-state index in [0.717, 1.165) is 18.2 Å². The molecular weight excluding hydrogens is 268 g/mol. The molecule has 3 nitrogen and oxygen atoms in total. The van der Waals surface area contributed by atoms with Gasteiger partial charge in [-0.1, -0.05) is 0 Å². The molecule has 1 amide bonds. The smallest absolute Gasteiger partial charge is 0.255 e. The van der Waals surface area contributed by atoms with Gasteiger partial charge in [-0.3, -0.25) is 4.79 Å². The Bertz CT molecular complexity index is 422. The summed E-state index contributed by atoms with van der Waals surface area (Å²) in [6.07, 6.45) is 0. The molecule has 94 valence electrons. The number of hydrogen-bond donors (Lipinski definition) is 2. The van der Waals surface area contributed by atoms with Crippen LogP contribution in [0.4, 0.5) is 4.39 Å². The third-order valence-electron chi connectivity index (χ3n) is 2.21. The van der Waals surface area contributed by atoms with Gasteiger partial charge in [-0.15, -0.1) is 23.2 Å². The van der Waals surface area contributed by atoms with Crippen LogP contribution in [0.15, 0.2) is 18.2 Å². The number of rotatable bonds is 4. The Morgan fingerprint density at radius 3 is 2.59 bits per heavy atom. The number of nitrogens with one attached hydrogen (secondary N) is 1. The van der Waals surface area contributed by atoms with Gasteiger partial charge in [0, 0.05) is 11.8 Å². The largest absolute Gasteiger partial charge is 0.507 e. The molecule has 0 spiro atoms. The SMILES string of the molecule is CC(CCl)(CCl)NC(=O)c1cc(F)ccc1O. The molecule has 0 bridgehead atoms. The van der Waals surface area contributed by atoms with E-state index in [4.69, 9.17) is 23.2 Å². The Kier molecular flexibility index (Phi) is 4.60. The summed E-state index contributed by atoms with van der Waals surface area (Å²) in [6, 6.07) is 3.13. The lowest BCUT2D eigenvalue weighted by atomic mass is 10.1. The first-order valence-electron chi connectivity index (χ1n) is 4.85. The van der Waals surface area contributed by atoms with E-state index in [1.807, 2.05) is 0 Å². The van der Waals surface area contributed by atoms with Crippen LogP contribution in [0.1, 0.15) is 17.3 Å². The van der Waals surface area contributed by atoms with Crippen molar-refractivity contribution in [2.45, 2.75) is 12.5 Å². The topological polar surface area (TPSA) is 49.3 Å². The maximum Gasteiger partial charge on any atom is 0.255 e. The van der Waals surface area contributed by atoms with Gasteiger partial charge in [0.2, 0.25) is 0 Å². The third kappa shape index (κ3) is 3.48. The first kappa shape index (κ1) is 14.1. The summed E-state index contributed by atoms with van der Waals surface area (Å²) in [4.78, 5) is 11.8. The van der Waals surface area contributed by atoms with E-state index in [-0.39, 0.29) is 23.1 Å². The second kappa shape index (κ2) is 5.56. The molecule has 2 N–H and O–H groups in total. The lowest BCUT2D eigenvalue weighted by molar-refractivity contribution is 0.0918. The number of phenols is 1. The second-order valence-electron chi connectivity index (χ2n) is 3.94. The molecule has 0 unspecified atom stereocenters. The number of carbonyl (C=O) groups excluding carboxylic acids is 1. The van der Waals surface area contributed by atoms with Gasteiger partial charge in [-0.25, -0.2) is 4.39 Å². The predicted octanol–water partition coefficient (Wildman–Crippen LogP) is 2.50. The third-order valence-corrected chi connectivity index (χ3v) is 3.39. The number of halogens is 3. The van der Waals surface area contributed by atoms with Crippen LogP contribution in [0.3, 0.4) is 0 Å².